The Morgan fingerprint density at radius 3 is 1.16 bits per heavy atom. The summed E-state index contributed by atoms with van der Waals surface area (Å²) in [5.74, 6) is -21.4. The van der Waals surface area contributed by atoms with Gasteiger partial charge in [0.1, 0.15) is 0 Å². The molecule has 0 aromatic carbocycles. The Labute approximate surface area is 104 Å². The van der Waals surface area contributed by atoms with E-state index in [2.05, 4.69) is 0 Å². The van der Waals surface area contributed by atoms with Crippen molar-refractivity contribution in [3.8, 4) is 0 Å². The van der Waals surface area contributed by atoms with Gasteiger partial charge in [-0.3, -0.25) is 0 Å². The van der Waals surface area contributed by atoms with Crippen LogP contribution in [0.25, 0.3) is 0 Å². The molecular weight excluding hydrogens is 380 g/mol. The van der Waals surface area contributed by atoms with Crippen molar-refractivity contribution in [2.75, 3.05) is 0 Å². The third-order valence-electron chi connectivity index (χ3n) is 1.77. The number of hydrogen-bond donors (Lipinski definition) is 0. The molecule has 19 heavy (non-hydrogen) atoms. The molecule has 0 nitrogen and oxygen atoms in total. The van der Waals surface area contributed by atoms with E-state index in [0.717, 1.165) is 0 Å². The Balaban J connectivity index is 5.78. The minimum atomic E-state index is -7.30. The largest absolute Gasteiger partial charge is 0.425 e. The molecule has 0 aliphatic carbocycles. The van der Waals surface area contributed by atoms with Gasteiger partial charge in [0, 0.05) is 0 Å². The molecule has 0 rings (SSSR count). The molecule has 0 aromatic rings. The second-order valence-corrected chi connectivity index (χ2v) is 4.17. The van der Waals surface area contributed by atoms with Gasteiger partial charge in [0.2, 0.25) is 0 Å². The second kappa shape index (κ2) is 4.58. The van der Waals surface area contributed by atoms with Crippen molar-refractivity contribution in [1.29, 1.82) is 0 Å². The summed E-state index contributed by atoms with van der Waals surface area (Å²) < 4.78 is 145. The van der Waals surface area contributed by atoms with E-state index < -0.39 is 34.9 Å². The summed E-state index contributed by atoms with van der Waals surface area (Å²) in [5.41, 5.74) is 0. The maximum Gasteiger partial charge on any atom is 0.425 e. The first-order valence-electron chi connectivity index (χ1n) is 3.81. The molecule has 0 radical (unpaired) electrons. The first kappa shape index (κ1) is 18.6. The average molecular weight is 381 g/mol. The van der Waals surface area contributed by atoms with Crippen molar-refractivity contribution in [3.05, 3.63) is 0 Å². The molecule has 1 atom stereocenters. The lowest BCUT2D eigenvalue weighted by molar-refractivity contribution is -0.377. The summed E-state index contributed by atoms with van der Waals surface area (Å²) in [4.78, 5) is -5.99. The molecule has 0 aliphatic rings. The van der Waals surface area contributed by atoms with Crippen LogP contribution >= 0.6 is 15.9 Å². The molecule has 1 unspecified atom stereocenters. The van der Waals surface area contributed by atoms with E-state index >= 15 is 0 Å². The predicted octanol–water partition coefficient (Wildman–Crippen LogP) is 4.78. The fraction of sp³-hybridized carbons (Fsp3) is 1.00. The van der Waals surface area contributed by atoms with Crippen molar-refractivity contribution < 1.29 is 52.7 Å². The molecule has 0 fully saturated rings. The smallest absolute Gasteiger partial charge is 0.230 e. The third-order valence-corrected chi connectivity index (χ3v) is 2.27. The van der Waals surface area contributed by atoms with Crippen LogP contribution in [-0.4, -0.2) is 34.9 Å². The van der Waals surface area contributed by atoms with Crippen molar-refractivity contribution in [2.45, 2.75) is 34.9 Å². The van der Waals surface area contributed by atoms with Crippen LogP contribution in [0.15, 0.2) is 0 Å². The van der Waals surface area contributed by atoms with Gasteiger partial charge in [-0.2, -0.15) is 48.3 Å². The molecule has 0 saturated carbocycles. The Kier molecular flexibility index (Phi) is 4.50. The lowest BCUT2D eigenvalue weighted by Crippen LogP contribution is -2.65. The Hall–Kier alpha value is -0.360. The van der Waals surface area contributed by atoms with E-state index in [1.165, 1.54) is 0 Å². The highest BCUT2D eigenvalue weighted by Gasteiger charge is 2.84. The topological polar surface area (TPSA) is 0 Å². The first-order chi connectivity index (χ1) is 7.90. The van der Waals surface area contributed by atoms with E-state index in [4.69, 9.17) is 0 Å². The third kappa shape index (κ3) is 2.89. The predicted molar refractivity (Wildman–Crippen MR) is 39.7 cm³/mol. The SMILES string of the molecule is FC(C(F)(F)F)C(F)(F)C(F)(F)C(F)(F)C(F)(F)Br. The Bertz CT molecular complexity index is 324. The molecule has 0 saturated heterocycles. The van der Waals surface area contributed by atoms with Gasteiger partial charge in [-0.1, -0.05) is 0 Å². The van der Waals surface area contributed by atoms with Crippen LogP contribution in [-0.2, 0) is 0 Å². The number of hydrogen-bond acceptors (Lipinski definition) is 0. The van der Waals surface area contributed by atoms with Gasteiger partial charge in [0.05, 0.1) is 0 Å². The highest BCUT2D eigenvalue weighted by atomic mass is 79.9. The van der Waals surface area contributed by atoms with E-state index in [0.29, 0.717) is 15.9 Å². The minimum absolute atomic E-state index is 0.628. The van der Waals surface area contributed by atoms with Gasteiger partial charge in [-0.05, 0) is 15.9 Å². The van der Waals surface area contributed by atoms with Crippen LogP contribution in [0.5, 0.6) is 0 Å². The molecule has 116 valence electrons. The summed E-state index contributed by atoms with van der Waals surface area (Å²) in [6.07, 6.45) is -12.4. The zero-order valence-corrected chi connectivity index (χ0v) is 9.58. The van der Waals surface area contributed by atoms with Gasteiger partial charge in [-0.15, -0.1) is 0 Å². The normalized spacial score (nSPS) is 17.5. The zero-order valence-electron chi connectivity index (χ0n) is 7.99. The molecular formula is C6HBrF12. The second-order valence-electron chi connectivity index (χ2n) is 3.17. The standard InChI is InChI=1S/C6HBrF12/c7-6(18,19)5(16,17)4(14,15)2(9,10)1(8)3(11,12)13/h1H. The number of rotatable bonds is 4. The summed E-state index contributed by atoms with van der Waals surface area (Å²) in [7, 11) is 0. The Morgan fingerprint density at radius 1 is 0.632 bits per heavy atom. The molecule has 0 aliphatic heterocycles. The summed E-state index contributed by atoms with van der Waals surface area (Å²) in [6, 6.07) is 0. The maximum absolute atomic E-state index is 12.5. The van der Waals surface area contributed by atoms with Crippen molar-refractivity contribution >= 4 is 15.9 Å². The van der Waals surface area contributed by atoms with E-state index in [1.807, 2.05) is 0 Å². The van der Waals surface area contributed by atoms with Gasteiger partial charge >= 0.3 is 28.8 Å². The fourth-order valence-corrected chi connectivity index (χ4v) is 1.00. The molecule has 0 N–H and O–H groups in total. The average Bonchev–Trinajstić information content (AvgIpc) is 2.12. The lowest BCUT2D eigenvalue weighted by Gasteiger charge is -2.36. The molecule has 0 amide bonds. The highest BCUT2D eigenvalue weighted by molar-refractivity contribution is 9.10. The zero-order chi connectivity index (χ0) is 16.1. The first-order valence-corrected chi connectivity index (χ1v) is 4.61. The van der Waals surface area contributed by atoms with Crippen molar-refractivity contribution in [2.24, 2.45) is 0 Å². The van der Waals surface area contributed by atoms with E-state index in [1.54, 1.807) is 0 Å². The molecule has 0 bridgehead atoms. The van der Waals surface area contributed by atoms with Crippen LogP contribution in [0.3, 0.4) is 0 Å². The van der Waals surface area contributed by atoms with Crippen LogP contribution in [0, 0.1) is 0 Å². The van der Waals surface area contributed by atoms with Crippen LogP contribution in [0.2, 0.25) is 0 Å². The fourth-order valence-electron chi connectivity index (χ4n) is 0.752. The molecule has 13 heteroatoms. The maximum atomic E-state index is 12.5. The van der Waals surface area contributed by atoms with Crippen LogP contribution in [0.1, 0.15) is 0 Å². The summed E-state index contributed by atoms with van der Waals surface area (Å²) in [6.45, 7) is 0. The quantitative estimate of drug-likeness (QED) is 0.486. The van der Waals surface area contributed by atoms with E-state index in [9.17, 15) is 52.7 Å². The number of alkyl halides is 13. The van der Waals surface area contributed by atoms with Gasteiger partial charge in [0.15, 0.2) is 0 Å². The van der Waals surface area contributed by atoms with E-state index in [-0.39, 0.29) is 0 Å². The molecule has 0 spiro atoms. The van der Waals surface area contributed by atoms with Crippen LogP contribution < -0.4 is 0 Å². The van der Waals surface area contributed by atoms with Gasteiger partial charge in [-0.25, -0.2) is 4.39 Å². The monoisotopic (exact) mass is 380 g/mol. The minimum Gasteiger partial charge on any atom is -0.230 e. The summed E-state index contributed by atoms with van der Waals surface area (Å²) >= 11 is 0.628. The molecule has 0 heterocycles. The van der Waals surface area contributed by atoms with Crippen molar-refractivity contribution in [1.82, 2.24) is 0 Å². The van der Waals surface area contributed by atoms with Gasteiger partial charge in [0.25, 0.3) is 6.17 Å². The van der Waals surface area contributed by atoms with Gasteiger partial charge < -0.3 is 0 Å². The Morgan fingerprint density at radius 2 is 0.947 bits per heavy atom. The highest BCUT2D eigenvalue weighted by Crippen LogP contribution is 2.57. The molecule has 0 aromatic heterocycles. The lowest BCUT2D eigenvalue weighted by atomic mass is 10.00. The van der Waals surface area contributed by atoms with Crippen molar-refractivity contribution in [3.63, 3.8) is 0 Å². The number of halogens is 13. The van der Waals surface area contributed by atoms with Crippen LogP contribution in [0.4, 0.5) is 52.7 Å². The summed E-state index contributed by atoms with van der Waals surface area (Å²) in [5, 5.41) is 0.